The Labute approximate surface area is 111 Å². The predicted molar refractivity (Wildman–Crippen MR) is 76.0 cm³/mol. The van der Waals surface area contributed by atoms with Gasteiger partial charge in [-0.3, -0.25) is 0 Å². The van der Waals surface area contributed by atoms with Gasteiger partial charge in [0.15, 0.2) is 0 Å². The van der Waals surface area contributed by atoms with Crippen molar-refractivity contribution in [2.75, 3.05) is 13.2 Å². The van der Waals surface area contributed by atoms with E-state index in [0.29, 0.717) is 6.04 Å². The molecule has 0 aromatic heterocycles. The normalized spacial score (nSPS) is 23.8. The molecule has 2 unspecified atom stereocenters. The maximum absolute atomic E-state index is 5.70. The summed E-state index contributed by atoms with van der Waals surface area (Å²) in [6.07, 6.45) is 6.83. The second kappa shape index (κ2) is 7.42. The molecule has 1 aromatic rings. The molecular formula is C16H25NO. The van der Waals surface area contributed by atoms with E-state index in [-0.39, 0.29) is 0 Å². The highest BCUT2D eigenvalue weighted by Gasteiger charge is 2.22. The lowest BCUT2D eigenvalue weighted by atomic mass is 9.83. The van der Waals surface area contributed by atoms with E-state index in [1.807, 2.05) is 30.3 Å². The van der Waals surface area contributed by atoms with Gasteiger partial charge in [0.05, 0.1) is 0 Å². The molecule has 2 nitrogen and oxygen atoms in total. The largest absolute Gasteiger partial charge is 0.492 e. The molecule has 1 saturated carbocycles. The van der Waals surface area contributed by atoms with Crippen LogP contribution in [0.3, 0.4) is 0 Å². The van der Waals surface area contributed by atoms with E-state index in [9.17, 15) is 0 Å². The molecular weight excluding hydrogens is 222 g/mol. The van der Waals surface area contributed by atoms with Crippen molar-refractivity contribution in [3.05, 3.63) is 30.3 Å². The molecule has 0 amide bonds. The summed E-state index contributed by atoms with van der Waals surface area (Å²) in [6, 6.07) is 10.8. The van der Waals surface area contributed by atoms with Crippen molar-refractivity contribution in [3.63, 3.8) is 0 Å². The molecule has 1 aliphatic carbocycles. The maximum atomic E-state index is 5.70. The van der Waals surface area contributed by atoms with Crippen LogP contribution in [0.15, 0.2) is 30.3 Å². The molecule has 0 saturated heterocycles. The van der Waals surface area contributed by atoms with Crippen molar-refractivity contribution in [2.24, 2.45) is 5.92 Å². The first-order chi connectivity index (χ1) is 8.90. The van der Waals surface area contributed by atoms with Gasteiger partial charge in [-0.15, -0.1) is 0 Å². The molecule has 0 heterocycles. The van der Waals surface area contributed by atoms with Crippen LogP contribution in [-0.2, 0) is 0 Å². The minimum atomic E-state index is 0.711. The predicted octanol–water partition coefficient (Wildman–Crippen LogP) is 3.62. The van der Waals surface area contributed by atoms with Crippen LogP contribution >= 0.6 is 0 Å². The van der Waals surface area contributed by atoms with Crippen LogP contribution in [0.2, 0.25) is 0 Å². The number of benzene rings is 1. The van der Waals surface area contributed by atoms with Gasteiger partial charge in [-0.25, -0.2) is 0 Å². The SMILES string of the molecule is CCC1CCCCC1NCCOc1ccccc1. The van der Waals surface area contributed by atoms with Crippen LogP contribution in [0.25, 0.3) is 0 Å². The van der Waals surface area contributed by atoms with Crippen molar-refractivity contribution in [3.8, 4) is 5.75 Å². The Kier molecular flexibility index (Phi) is 5.53. The molecule has 1 aromatic carbocycles. The van der Waals surface area contributed by atoms with Crippen LogP contribution < -0.4 is 10.1 Å². The number of hydrogen-bond donors (Lipinski definition) is 1. The molecule has 100 valence electrons. The molecule has 1 aliphatic rings. The van der Waals surface area contributed by atoms with E-state index in [1.54, 1.807) is 0 Å². The first kappa shape index (κ1) is 13.4. The number of ether oxygens (including phenoxy) is 1. The fourth-order valence-corrected chi connectivity index (χ4v) is 2.89. The van der Waals surface area contributed by atoms with Crippen LogP contribution in [0.1, 0.15) is 39.0 Å². The van der Waals surface area contributed by atoms with Crippen LogP contribution in [0.4, 0.5) is 0 Å². The zero-order valence-corrected chi connectivity index (χ0v) is 11.4. The highest BCUT2D eigenvalue weighted by atomic mass is 16.5. The van der Waals surface area contributed by atoms with Gasteiger partial charge in [0.1, 0.15) is 12.4 Å². The van der Waals surface area contributed by atoms with E-state index in [1.165, 1.54) is 32.1 Å². The fraction of sp³-hybridized carbons (Fsp3) is 0.625. The Balaban J connectivity index is 1.65. The Bertz CT molecular complexity index is 325. The summed E-state index contributed by atoms with van der Waals surface area (Å²) in [7, 11) is 0. The quantitative estimate of drug-likeness (QED) is 0.775. The van der Waals surface area contributed by atoms with E-state index < -0.39 is 0 Å². The Morgan fingerprint density at radius 2 is 1.94 bits per heavy atom. The molecule has 0 aliphatic heterocycles. The summed E-state index contributed by atoms with van der Waals surface area (Å²) < 4.78 is 5.70. The van der Waals surface area contributed by atoms with Crippen LogP contribution in [0.5, 0.6) is 5.75 Å². The fourth-order valence-electron chi connectivity index (χ4n) is 2.89. The summed E-state index contributed by atoms with van der Waals surface area (Å²) in [5, 5.41) is 3.67. The Morgan fingerprint density at radius 1 is 1.17 bits per heavy atom. The van der Waals surface area contributed by atoms with Crippen molar-refractivity contribution in [1.29, 1.82) is 0 Å². The zero-order chi connectivity index (χ0) is 12.6. The Morgan fingerprint density at radius 3 is 2.72 bits per heavy atom. The summed E-state index contributed by atoms with van der Waals surface area (Å²) in [5.74, 6) is 1.84. The first-order valence-corrected chi connectivity index (χ1v) is 7.31. The van der Waals surface area contributed by atoms with Crippen molar-refractivity contribution < 1.29 is 4.74 Å². The third-order valence-corrected chi connectivity index (χ3v) is 3.95. The van der Waals surface area contributed by atoms with Crippen molar-refractivity contribution >= 4 is 0 Å². The average Bonchev–Trinajstić information content (AvgIpc) is 2.45. The number of nitrogens with one attached hydrogen (secondary N) is 1. The Hall–Kier alpha value is -1.02. The third-order valence-electron chi connectivity index (χ3n) is 3.95. The van der Waals surface area contributed by atoms with Gasteiger partial charge in [0.25, 0.3) is 0 Å². The van der Waals surface area contributed by atoms with Gasteiger partial charge in [0.2, 0.25) is 0 Å². The minimum absolute atomic E-state index is 0.711. The highest BCUT2D eigenvalue weighted by Crippen LogP contribution is 2.26. The average molecular weight is 247 g/mol. The number of rotatable bonds is 6. The minimum Gasteiger partial charge on any atom is -0.492 e. The van der Waals surface area contributed by atoms with Gasteiger partial charge < -0.3 is 10.1 Å². The lowest BCUT2D eigenvalue weighted by molar-refractivity contribution is 0.235. The molecule has 1 N–H and O–H groups in total. The molecule has 0 bridgehead atoms. The molecule has 18 heavy (non-hydrogen) atoms. The molecule has 1 fully saturated rings. The lowest BCUT2D eigenvalue weighted by Gasteiger charge is -2.31. The van der Waals surface area contributed by atoms with E-state index in [0.717, 1.165) is 24.8 Å². The van der Waals surface area contributed by atoms with Gasteiger partial charge in [0, 0.05) is 12.6 Å². The van der Waals surface area contributed by atoms with Crippen LogP contribution in [-0.4, -0.2) is 19.2 Å². The molecule has 0 radical (unpaired) electrons. The van der Waals surface area contributed by atoms with Gasteiger partial charge in [-0.05, 0) is 30.9 Å². The highest BCUT2D eigenvalue weighted by molar-refractivity contribution is 5.20. The van der Waals surface area contributed by atoms with E-state index in [4.69, 9.17) is 4.74 Å². The summed E-state index contributed by atoms with van der Waals surface area (Å²) in [5.41, 5.74) is 0. The second-order valence-electron chi connectivity index (χ2n) is 5.17. The topological polar surface area (TPSA) is 21.3 Å². The smallest absolute Gasteiger partial charge is 0.119 e. The van der Waals surface area contributed by atoms with Gasteiger partial charge >= 0.3 is 0 Å². The third kappa shape index (κ3) is 4.02. The molecule has 2 atom stereocenters. The second-order valence-corrected chi connectivity index (χ2v) is 5.17. The van der Waals surface area contributed by atoms with Gasteiger partial charge in [-0.1, -0.05) is 44.4 Å². The van der Waals surface area contributed by atoms with E-state index >= 15 is 0 Å². The van der Waals surface area contributed by atoms with Gasteiger partial charge in [-0.2, -0.15) is 0 Å². The molecule has 2 rings (SSSR count). The number of hydrogen-bond acceptors (Lipinski definition) is 2. The first-order valence-electron chi connectivity index (χ1n) is 7.31. The van der Waals surface area contributed by atoms with Crippen molar-refractivity contribution in [2.45, 2.75) is 45.1 Å². The van der Waals surface area contributed by atoms with E-state index in [2.05, 4.69) is 12.2 Å². The zero-order valence-electron chi connectivity index (χ0n) is 11.4. The van der Waals surface area contributed by atoms with Crippen LogP contribution in [0, 0.1) is 5.92 Å². The standard InChI is InChI=1S/C16H25NO/c1-2-14-8-6-7-11-16(14)17-12-13-18-15-9-4-3-5-10-15/h3-5,9-10,14,16-17H,2,6-8,11-13H2,1H3. The monoisotopic (exact) mass is 247 g/mol. The summed E-state index contributed by atoms with van der Waals surface area (Å²) >= 11 is 0. The number of para-hydroxylation sites is 1. The molecule has 2 heteroatoms. The summed E-state index contributed by atoms with van der Waals surface area (Å²) in [4.78, 5) is 0. The lowest BCUT2D eigenvalue weighted by Crippen LogP contribution is -2.40. The summed E-state index contributed by atoms with van der Waals surface area (Å²) in [6.45, 7) is 4.03. The van der Waals surface area contributed by atoms with Crippen molar-refractivity contribution in [1.82, 2.24) is 5.32 Å². The maximum Gasteiger partial charge on any atom is 0.119 e. The molecule has 0 spiro atoms.